The maximum absolute atomic E-state index is 11.8. The van der Waals surface area contributed by atoms with Crippen LogP contribution in [-0.2, 0) is 11.2 Å². The predicted octanol–water partition coefficient (Wildman–Crippen LogP) is 4.09. The molecule has 0 spiro atoms. The van der Waals surface area contributed by atoms with Crippen LogP contribution in [0.25, 0.3) is 0 Å². The zero-order valence-electron chi connectivity index (χ0n) is 13.0. The second-order valence-corrected chi connectivity index (χ2v) is 7.27. The van der Waals surface area contributed by atoms with E-state index in [-0.39, 0.29) is 16.7 Å². The van der Waals surface area contributed by atoms with E-state index in [2.05, 4.69) is 57.3 Å². The molecule has 1 unspecified atom stereocenters. The second kappa shape index (κ2) is 7.68. The number of alkyl halides is 1. The van der Waals surface area contributed by atoms with Crippen LogP contribution in [0, 0.1) is 12.3 Å². The van der Waals surface area contributed by atoms with E-state index < -0.39 is 0 Å². The first-order valence-electron chi connectivity index (χ1n) is 7.22. The Balaban J connectivity index is 2.25. The molecule has 1 aromatic carbocycles. The molecule has 0 radical (unpaired) electrons. The van der Waals surface area contributed by atoms with E-state index in [4.69, 9.17) is 11.6 Å². The van der Waals surface area contributed by atoms with Gasteiger partial charge in [-0.3, -0.25) is 4.79 Å². The van der Waals surface area contributed by atoms with Gasteiger partial charge in [0.15, 0.2) is 0 Å². The molecule has 1 amide bonds. The van der Waals surface area contributed by atoms with Gasteiger partial charge in [-0.2, -0.15) is 0 Å². The van der Waals surface area contributed by atoms with Crippen molar-refractivity contribution < 1.29 is 4.79 Å². The van der Waals surface area contributed by atoms with Crippen LogP contribution in [-0.4, -0.2) is 17.8 Å². The normalized spacial score (nSPS) is 13.1. The van der Waals surface area contributed by atoms with Gasteiger partial charge < -0.3 is 5.32 Å². The van der Waals surface area contributed by atoms with Crippen molar-refractivity contribution in [3.63, 3.8) is 0 Å². The summed E-state index contributed by atoms with van der Waals surface area (Å²) in [6.45, 7) is 9.07. The molecule has 0 saturated carbocycles. The Hall–Kier alpha value is -1.02. The lowest BCUT2D eigenvalue weighted by Gasteiger charge is -2.22. The van der Waals surface area contributed by atoms with E-state index in [1.807, 2.05) is 0 Å². The van der Waals surface area contributed by atoms with Crippen molar-refractivity contribution in [3.05, 3.63) is 35.4 Å². The van der Waals surface area contributed by atoms with Gasteiger partial charge in [0.1, 0.15) is 0 Å². The van der Waals surface area contributed by atoms with Crippen molar-refractivity contribution in [2.75, 3.05) is 6.54 Å². The summed E-state index contributed by atoms with van der Waals surface area (Å²) in [4.78, 5) is 11.8. The van der Waals surface area contributed by atoms with Crippen molar-refractivity contribution in [2.45, 2.75) is 52.3 Å². The van der Waals surface area contributed by atoms with Gasteiger partial charge in [-0.05, 0) is 30.7 Å². The summed E-state index contributed by atoms with van der Waals surface area (Å²) in [6, 6.07) is 8.30. The fourth-order valence-electron chi connectivity index (χ4n) is 2.06. The molecule has 0 aliphatic rings. The first-order valence-corrected chi connectivity index (χ1v) is 7.66. The van der Waals surface area contributed by atoms with Gasteiger partial charge in [-0.25, -0.2) is 0 Å². The number of amides is 1. The molecule has 20 heavy (non-hydrogen) atoms. The van der Waals surface area contributed by atoms with Gasteiger partial charge in [-0.15, -0.1) is 11.6 Å². The van der Waals surface area contributed by atoms with E-state index in [9.17, 15) is 4.79 Å². The van der Waals surface area contributed by atoms with E-state index >= 15 is 0 Å². The summed E-state index contributed by atoms with van der Waals surface area (Å²) in [5.41, 5.74) is 2.63. The summed E-state index contributed by atoms with van der Waals surface area (Å²) in [6.07, 6.45) is 2.19. The van der Waals surface area contributed by atoms with Crippen molar-refractivity contribution in [2.24, 2.45) is 5.41 Å². The summed E-state index contributed by atoms with van der Waals surface area (Å²) in [5.74, 6) is 0.0742. The lowest BCUT2D eigenvalue weighted by molar-refractivity contribution is -0.121. The topological polar surface area (TPSA) is 29.1 Å². The average Bonchev–Trinajstić information content (AvgIpc) is 2.33. The number of carbonyl (C=O) groups is 1. The molecule has 0 aliphatic carbocycles. The lowest BCUT2D eigenvalue weighted by atomic mass is 9.90. The van der Waals surface area contributed by atoms with Gasteiger partial charge >= 0.3 is 0 Å². The molecule has 1 N–H and O–H groups in total. The van der Waals surface area contributed by atoms with Crippen LogP contribution < -0.4 is 5.32 Å². The summed E-state index contributed by atoms with van der Waals surface area (Å²) >= 11 is 6.23. The zero-order chi connectivity index (χ0) is 15.2. The summed E-state index contributed by atoms with van der Waals surface area (Å²) < 4.78 is 0. The van der Waals surface area contributed by atoms with E-state index in [1.54, 1.807) is 0 Å². The Bertz CT molecular complexity index is 420. The Labute approximate surface area is 127 Å². The highest BCUT2D eigenvalue weighted by Crippen LogP contribution is 2.23. The fraction of sp³-hybridized carbons (Fsp3) is 0.588. The molecular formula is C17H26ClNO. The Morgan fingerprint density at radius 2 is 1.85 bits per heavy atom. The number of hydrogen-bond donors (Lipinski definition) is 1. The Kier molecular flexibility index (Phi) is 6.54. The number of rotatable bonds is 6. The molecule has 112 valence electrons. The molecule has 0 aromatic heterocycles. The fourth-order valence-corrected chi connectivity index (χ4v) is 2.60. The number of carbonyl (C=O) groups excluding carboxylic acids is 1. The monoisotopic (exact) mass is 295 g/mol. The number of hydrogen-bond acceptors (Lipinski definition) is 1. The summed E-state index contributed by atoms with van der Waals surface area (Å²) in [7, 11) is 0. The maximum Gasteiger partial charge on any atom is 0.220 e. The van der Waals surface area contributed by atoms with Crippen LogP contribution in [0.1, 0.15) is 44.7 Å². The number of halogens is 1. The maximum atomic E-state index is 11.8. The second-order valence-electron chi connectivity index (χ2n) is 6.65. The third-order valence-electron chi connectivity index (χ3n) is 3.12. The zero-order valence-corrected chi connectivity index (χ0v) is 13.8. The minimum absolute atomic E-state index is 0.00155. The average molecular weight is 296 g/mol. The van der Waals surface area contributed by atoms with Crippen LogP contribution in [0.4, 0.5) is 0 Å². The van der Waals surface area contributed by atoms with Gasteiger partial charge in [-0.1, -0.05) is 50.6 Å². The van der Waals surface area contributed by atoms with Crippen molar-refractivity contribution >= 4 is 17.5 Å². The molecule has 0 heterocycles. The van der Waals surface area contributed by atoms with Gasteiger partial charge in [0.2, 0.25) is 5.91 Å². The smallest absolute Gasteiger partial charge is 0.220 e. The molecule has 0 bridgehead atoms. The SMILES string of the molecule is Cc1ccc(CCC(=O)NCC(Cl)CC(C)(C)C)cc1. The van der Waals surface area contributed by atoms with Crippen LogP contribution >= 0.6 is 11.6 Å². The number of nitrogens with one attached hydrogen (secondary N) is 1. The van der Waals surface area contributed by atoms with Crippen molar-refractivity contribution in [1.29, 1.82) is 0 Å². The van der Waals surface area contributed by atoms with Crippen LogP contribution in [0.3, 0.4) is 0 Å². The van der Waals surface area contributed by atoms with Gasteiger partial charge in [0.05, 0.1) is 5.38 Å². The molecular weight excluding hydrogens is 270 g/mol. The lowest BCUT2D eigenvalue weighted by Crippen LogP contribution is -2.31. The largest absolute Gasteiger partial charge is 0.355 e. The first-order chi connectivity index (χ1) is 9.26. The van der Waals surface area contributed by atoms with E-state index in [0.717, 1.165) is 12.8 Å². The third kappa shape index (κ3) is 7.54. The molecule has 0 aliphatic heterocycles. The molecule has 1 atom stereocenters. The van der Waals surface area contributed by atoms with Crippen molar-refractivity contribution in [3.8, 4) is 0 Å². The Morgan fingerprint density at radius 3 is 2.40 bits per heavy atom. The molecule has 1 aromatic rings. The highest BCUT2D eigenvalue weighted by atomic mass is 35.5. The highest BCUT2D eigenvalue weighted by molar-refractivity contribution is 6.20. The standard InChI is InChI=1S/C17H26ClNO/c1-13-5-7-14(8-6-13)9-10-16(20)19-12-15(18)11-17(2,3)4/h5-8,15H,9-12H2,1-4H3,(H,19,20). The van der Waals surface area contributed by atoms with Gasteiger partial charge in [0, 0.05) is 13.0 Å². The number of aryl methyl sites for hydroxylation is 2. The van der Waals surface area contributed by atoms with Gasteiger partial charge in [0.25, 0.3) is 0 Å². The molecule has 2 nitrogen and oxygen atoms in total. The molecule has 1 rings (SSSR count). The molecule has 3 heteroatoms. The molecule has 0 fully saturated rings. The quantitative estimate of drug-likeness (QED) is 0.787. The first kappa shape index (κ1) is 17.0. The number of benzene rings is 1. The molecule has 0 saturated heterocycles. The minimum atomic E-state index is -0.00155. The Morgan fingerprint density at radius 1 is 1.25 bits per heavy atom. The van der Waals surface area contributed by atoms with Crippen LogP contribution in [0.5, 0.6) is 0 Å². The predicted molar refractivity (Wildman–Crippen MR) is 86.2 cm³/mol. The van der Waals surface area contributed by atoms with Crippen LogP contribution in [0.15, 0.2) is 24.3 Å². The van der Waals surface area contributed by atoms with E-state index in [0.29, 0.717) is 13.0 Å². The third-order valence-corrected chi connectivity index (χ3v) is 3.42. The van der Waals surface area contributed by atoms with Crippen LogP contribution in [0.2, 0.25) is 0 Å². The highest BCUT2D eigenvalue weighted by Gasteiger charge is 2.17. The van der Waals surface area contributed by atoms with Crippen molar-refractivity contribution in [1.82, 2.24) is 5.32 Å². The summed E-state index contributed by atoms with van der Waals surface area (Å²) in [5, 5.41) is 2.91. The van der Waals surface area contributed by atoms with E-state index in [1.165, 1.54) is 11.1 Å². The minimum Gasteiger partial charge on any atom is -0.355 e.